The van der Waals surface area contributed by atoms with E-state index in [0.717, 1.165) is 19.0 Å². The van der Waals surface area contributed by atoms with E-state index in [9.17, 15) is 18.0 Å². The first-order chi connectivity index (χ1) is 16.4. The predicted molar refractivity (Wildman–Crippen MR) is 116 cm³/mol. The number of benzene rings is 1. The molecular weight excluding hydrogens is 451 g/mol. The molecule has 4 aromatic rings. The summed E-state index contributed by atoms with van der Waals surface area (Å²) in [7, 11) is 0. The number of fused-ring (bicyclic) bond motifs is 1. The zero-order chi connectivity index (χ0) is 23.7. The van der Waals surface area contributed by atoms with Gasteiger partial charge in [-0.3, -0.25) is 4.79 Å². The third-order valence-corrected chi connectivity index (χ3v) is 5.23. The average Bonchev–Trinajstić information content (AvgIpc) is 3.28. The molecule has 1 fully saturated rings. The van der Waals surface area contributed by atoms with Crippen molar-refractivity contribution in [3.8, 4) is 11.3 Å². The maximum Gasteiger partial charge on any atom is 0.417 e. The lowest BCUT2D eigenvalue weighted by atomic mass is 10.0. The summed E-state index contributed by atoms with van der Waals surface area (Å²) in [5.74, 6) is 0.106. The van der Waals surface area contributed by atoms with Crippen molar-refractivity contribution in [3.63, 3.8) is 0 Å². The van der Waals surface area contributed by atoms with Gasteiger partial charge in [0.2, 0.25) is 5.95 Å². The Kier molecular flexibility index (Phi) is 5.57. The number of imidazole rings is 1. The van der Waals surface area contributed by atoms with Gasteiger partial charge in [-0.2, -0.15) is 23.3 Å². The Morgan fingerprint density at radius 2 is 1.94 bits per heavy atom. The number of hydrogen-bond donors (Lipinski definition) is 1. The highest BCUT2D eigenvalue weighted by Crippen LogP contribution is 2.36. The molecule has 3 aromatic heterocycles. The molecule has 1 N–H and O–H groups in total. The number of carbonyl (C=O) groups excluding carboxylic acids is 1. The Hall–Kier alpha value is -4.06. The number of rotatable bonds is 4. The van der Waals surface area contributed by atoms with E-state index in [1.807, 2.05) is 4.90 Å². The van der Waals surface area contributed by atoms with Gasteiger partial charge in [-0.05, 0) is 30.7 Å². The summed E-state index contributed by atoms with van der Waals surface area (Å²) in [6, 6.07) is 9.61. The lowest BCUT2D eigenvalue weighted by molar-refractivity contribution is -0.137. The number of anilines is 2. The monoisotopic (exact) mass is 469 g/mol. The fraction of sp³-hybridized carbons (Fsp3) is 0.227. The van der Waals surface area contributed by atoms with Gasteiger partial charge in [0.25, 0.3) is 5.91 Å². The third kappa shape index (κ3) is 4.27. The number of nitrogens with zero attached hydrogens (tertiary/aromatic N) is 6. The van der Waals surface area contributed by atoms with E-state index in [2.05, 4.69) is 25.4 Å². The lowest BCUT2D eigenvalue weighted by Gasteiger charge is -2.26. The lowest BCUT2D eigenvalue weighted by Crippen LogP contribution is -2.34. The fourth-order valence-electron chi connectivity index (χ4n) is 3.63. The highest BCUT2D eigenvalue weighted by atomic mass is 19.4. The van der Waals surface area contributed by atoms with Crippen LogP contribution in [0.15, 0.2) is 54.9 Å². The van der Waals surface area contributed by atoms with Crippen LogP contribution in [0.25, 0.3) is 16.9 Å². The maximum atomic E-state index is 13.5. The number of halogens is 3. The van der Waals surface area contributed by atoms with E-state index in [4.69, 9.17) is 4.74 Å². The molecule has 4 heterocycles. The van der Waals surface area contributed by atoms with Crippen LogP contribution >= 0.6 is 0 Å². The number of nitrogens with one attached hydrogen (secondary N) is 1. The smallest absolute Gasteiger partial charge is 0.361 e. The van der Waals surface area contributed by atoms with Gasteiger partial charge in [0.15, 0.2) is 11.3 Å². The van der Waals surface area contributed by atoms with Crippen molar-refractivity contribution in [1.29, 1.82) is 0 Å². The number of alkyl halides is 3. The van der Waals surface area contributed by atoms with Gasteiger partial charge in [-0.1, -0.05) is 18.2 Å². The minimum absolute atomic E-state index is 0.0443. The first-order valence-corrected chi connectivity index (χ1v) is 10.4. The summed E-state index contributed by atoms with van der Waals surface area (Å²) in [4.78, 5) is 27.5. The molecule has 0 radical (unpaired) electrons. The minimum Gasteiger partial charge on any atom is -0.361 e. The van der Waals surface area contributed by atoms with E-state index in [0.29, 0.717) is 24.9 Å². The molecule has 1 saturated heterocycles. The van der Waals surface area contributed by atoms with Crippen molar-refractivity contribution >= 4 is 23.3 Å². The molecule has 1 aliphatic heterocycles. The number of carbonyl (C=O) groups is 1. The standard InChI is InChI=1S/C22H18F3N7O2/c23-22(24,25)15-5-2-1-4-14(15)16-6-7-19-27-12-17(32(19)30-16)20(33)28-18-8-9-26-21(29-18)31-10-3-11-34-13-31/h1-2,4-9,12H,3,10-11,13H2,(H,26,28,29,33). The zero-order valence-corrected chi connectivity index (χ0v) is 17.7. The largest absolute Gasteiger partial charge is 0.417 e. The maximum absolute atomic E-state index is 13.5. The molecule has 0 aliphatic carbocycles. The van der Waals surface area contributed by atoms with E-state index in [1.165, 1.54) is 53.3 Å². The Morgan fingerprint density at radius 1 is 1.09 bits per heavy atom. The molecule has 174 valence electrons. The van der Waals surface area contributed by atoms with Gasteiger partial charge in [0.1, 0.15) is 12.5 Å². The van der Waals surface area contributed by atoms with Gasteiger partial charge >= 0.3 is 6.18 Å². The van der Waals surface area contributed by atoms with Gasteiger partial charge < -0.3 is 15.0 Å². The molecule has 34 heavy (non-hydrogen) atoms. The van der Waals surface area contributed by atoms with Crippen LogP contribution in [0.4, 0.5) is 24.9 Å². The van der Waals surface area contributed by atoms with E-state index < -0.39 is 17.6 Å². The van der Waals surface area contributed by atoms with E-state index >= 15 is 0 Å². The van der Waals surface area contributed by atoms with Crippen molar-refractivity contribution in [2.75, 3.05) is 30.1 Å². The molecule has 1 amide bonds. The van der Waals surface area contributed by atoms with Crippen LogP contribution in [0.2, 0.25) is 0 Å². The molecule has 0 bridgehead atoms. The molecule has 0 unspecified atom stereocenters. The molecule has 12 heteroatoms. The third-order valence-electron chi connectivity index (χ3n) is 5.23. The second-order valence-corrected chi connectivity index (χ2v) is 7.53. The van der Waals surface area contributed by atoms with Gasteiger partial charge in [0, 0.05) is 18.3 Å². The number of amides is 1. The minimum atomic E-state index is -4.55. The van der Waals surface area contributed by atoms with Crippen LogP contribution in [0.1, 0.15) is 22.5 Å². The Labute approximate surface area is 191 Å². The molecule has 0 saturated carbocycles. The Balaban J connectivity index is 1.45. The summed E-state index contributed by atoms with van der Waals surface area (Å²) in [6.07, 6.45) is -0.886. The van der Waals surface area contributed by atoms with Crippen molar-refractivity contribution in [3.05, 3.63) is 66.1 Å². The van der Waals surface area contributed by atoms with Gasteiger partial charge in [0.05, 0.1) is 24.1 Å². The quantitative estimate of drug-likeness (QED) is 0.487. The topological polar surface area (TPSA) is 97.5 Å². The average molecular weight is 469 g/mol. The number of ether oxygens (including phenoxy) is 1. The van der Waals surface area contributed by atoms with Crippen molar-refractivity contribution in [2.24, 2.45) is 0 Å². The second kappa shape index (κ2) is 8.71. The molecule has 5 rings (SSSR count). The summed E-state index contributed by atoms with van der Waals surface area (Å²) in [5, 5.41) is 6.94. The van der Waals surface area contributed by atoms with Gasteiger partial charge in [-0.15, -0.1) is 0 Å². The van der Waals surface area contributed by atoms with Crippen LogP contribution in [0.3, 0.4) is 0 Å². The van der Waals surface area contributed by atoms with Crippen LogP contribution in [0, 0.1) is 0 Å². The predicted octanol–water partition coefficient (Wildman–Crippen LogP) is 3.64. The molecule has 9 nitrogen and oxygen atoms in total. The molecular formula is C22H18F3N7O2. The first kappa shape index (κ1) is 21.8. The van der Waals surface area contributed by atoms with Crippen LogP contribution in [0.5, 0.6) is 0 Å². The summed E-state index contributed by atoms with van der Waals surface area (Å²) >= 11 is 0. The first-order valence-electron chi connectivity index (χ1n) is 10.4. The molecule has 0 spiro atoms. The second-order valence-electron chi connectivity index (χ2n) is 7.53. The number of aromatic nitrogens is 5. The zero-order valence-electron chi connectivity index (χ0n) is 17.7. The van der Waals surface area contributed by atoms with Crippen molar-refractivity contribution in [1.82, 2.24) is 24.6 Å². The normalized spacial score (nSPS) is 14.4. The molecule has 1 aliphatic rings. The SMILES string of the molecule is O=C(Nc1ccnc(N2CCCOC2)n1)c1cnc2ccc(-c3ccccc3C(F)(F)F)nn12. The van der Waals surface area contributed by atoms with E-state index in [1.54, 1.807) is 0 Å². The van der Waals surface area contributed by atoms with Crippen LogP contribution in [-0.2, 0) is 10.9 Å². The Bertz CT molecular complexity index is 1350. The van der Waals surface area contributed by atoms with Crippen LogP contribution in [-0.4, -0.2) is 50.4 Å². The van der Waals surface area contributed by atoms with Crippen molar-refractivity contribution in [2.45, 2.75) is 12.6 Å². The fourth-order valence-corrected chi connectivity index (χ4v) is 3.63. The van der Waals surface area contributed by atoms with E-state index in [-0.39, 0.29) is 22.8 Å². The Morgan fingerprint density at radius 3 is 2.74 bits per heavy atom. The van der Waals surface area contributed by atoms with Crippen molar-refractivity contribution < 1.29 is 22.7 Å². The molecule has 0 atom stereocenters. The van der Waals surface area contributed by atoms with Gasteiger partial charge in [-0.25, -0.2) is 14.5 Å². The number of hydrogen-bond acceptors (Lipinski definition) is 7. The summed E-state index contributed by atoms with van der Waals surface area (Å²) in [6.45, 7) is 1.76. The summed E-state index contributed by atoms with van der Waals surface area (Å²) in [5.41, 5.74) is -0.499. The van der Waals surface area contributed by atoms with Crippen LogP contribution < -0.4 is 10.2 Å². The highest BCUT2D eigenvalue weighted by molar-refractivity contribution is 6.02. The molecule has 1 aromatic carbocycles. The highest BCUT2D eigenvalue weighted by Gasteiger charge is 2.33. The summed E-state index contributed by atoms with van der Waals surface area (Å²) < 4.78 is 47.0.